The Morgan fingerprint density at radius 1 is 1.33 bits per heavy atom. The maximum Gasteiger partial charge on any atom is 0.323 e. The molecule has 1 fully saturated rings. The summed E-state index contributed by atoms with van der Waals surface area (Å²) in [7, 11) is 0. The summed E-state index contributed by atoms with van der Waals surface area (Å²) < 4.78 is 12.5. The van der Waals surface area contributed by atoms with Crippen molar-refractivity contribution in [3.05, 3.63) is 18.5 Å². The second-order valence-electron chi connectivity index (χ2n) is 4.70. The lowest BCUT2D eigenvalue weighted by atomic mass is 10.0. The molecule has 112 valence electrons. The third-order valence-electron chi connectivity index (χ3n) is 3.23. The predicted molar refractivity (Wildman–Crippen MR) is 73.8 cm³/mol. The van der Waals surface area contributed by atoms with Gasteiger partial charge >= 0.3 is 6.01 Å². The lowest BCUT2D eigenvalue weighted by molar-refractivity contribution is 0.0482. The highest BCUT2D eigenvalue weighted by molar-refractivity contribution is 5.28. The summed E-state index contributed by atoms with van der Waals surface area (Å²) in [4.78, 5) is 12.5. The molecule has 0 saturated carbocycles. The van der Waals surface area contributed by atoms with Crippen molar-refractivity contribution in [2.75, 3.05) is 25.2 Å². The summed E-state index contributed by atoms with van der Waals surface area (Å²) in [6, 6.07) is 2.01. The SMILES string of the molecule is NNc1nc(OCC2CCOCC2)nc(-n2cccn2)n1. The van der Waals surface area contributed by atoms with Crippen molar-refractivity contribution in [3.8, 4) is 12.0 Å². The van der Waals surface area contributed by atoms with Crippen molar-refractivity contribution in [1.29, 1.82) is 0 Å². The standard InChI is InChI=1S/C12H17N7O2/c13-18-10-15-11(19-5-1-4-14-19)17-12(16-10)21-8-9-2-6-20-7-3-9/h1,4-5,9H,2-3,6-8,13H2,(H,15,16,17,18). The van der Waals surface area contributed by atoms with Gasteiger partial charge in [-0.05, 0) is 24.8 Å². The van der Waals surface area contributed by atoms with Gasteiger partial charge in [-0.2, -0.15) is 20.1 Å². The summed E-state index contributed by atoms with van der Waals surface area (Å²) in [5.41, 5.74) is 2.40. The van der Waals surface area contributed by atoms with Gasteiger partial charge in [-0.25, -0.2) is 10.5 Å². The molecule has 0 radical (unpaired) electrons. The highest BCUT2D eigenvalue weighted by Crippen LogP contribution is 2.17. The van der Waals surface area contributed by atoms with Gasteiger partial charge in [0.2, 0.25) is 5.95 Å². The second kappa shape index (κ2) is 6.46. The first-order valence-electron chi connectivity index (χ1n) is 6.78. The Morgan fingerprint density at radius 2 is 2.19 bits per heavy atom. The number of rotatable bonds is 5. The molecule has 9 heteroatoms. The second-order valence-corrected chi connectivity index (χ2v) is 4.70. The minimum atomic E-state index is 0.231. The van der Waals surface area contributed by atoms with Crippen LogP contribution in [0.2, 0.25) is 0 Å². The summed E-state index contributed by atoms with van der Waals surface area (Å²) in [6.07, 6.45) is 5.35. The van der Waals surface area contributed by atoms with E-state index in [1.165, 1.54) is 4.68 Å². The Bertz CT molecular complexity index is 569. The number of nitrogens with one attached hydrogen (secondary N) is 1. The van der Waals surface area contributed by atoms with Gasteiger partial charge in [-0.1, -0.05) is 0 Å². The van der Waals surface area contributed by atoms with Crippen molar-refractivity contribution in [1.82, 2.24) is 24.7 Å². The molecule has 1 aliphatic heterocycles. The van der Waals surface area contributed by atoms with E-state index in [0.29, 0.717) is 18.5 Å². The zero-order valence-electron chi connectivity index (χ0n) is 11.5. The number of anilines is 1. The Hall–Kier alpha value is -2.26. The Balaban J connectivity index is 1.73. The van der Waals surface area contributed by atoms with E-state index in [9.17, 15) is 0 Å². The lowest BCUT2D eigenvalue weighted by Crippen LogP contribution is -2.22. The molecule has 2 aromatic heterocycles. The summed E-state index contributed by atoms with van der Waals surface area (Å²) >= 11 is 0. The van der Waals surface area contributed by atoms with Crippen LogP contribution in [-0.4, -0.2) is 44.6 Å². The predicted octanol–water partition coefficient (Wildman–Crippen LogP) is 0.148. The number of hydrogen-bond donors (Lipinski definition) is 2. The monoisotopic (exact) mass is 291 g/mol. The molecular formula is C12H17N7O2. The van der Waals surface area contributed by atoms with Gasteiger partial charge in [-0.15, -0.1) is 0 Å². The van der Waals surface area contributed by atoms with Crippen LogP contribution in [0.3, 0.4) is 0 Å². The van der Waals surface area contributed by atoms with E-state index in [0.717, 1.165) is 26.1 Å². The van der Waals surface area contributed by atoms with Gasteiger partial charge in [0.15, 0.2) is 0 Å². The zero-order chi connectivity index (χ0) is 14.5. The minimum Gasteiger partial charge on any atom is -0.463 e. The third-order valence-corrected chi connectivity index (χ3v) is 3.23. The molecule has 0 bridgehead atoms. The molecule has 0 unspecified atom stereocenters. The fraction of sp³-hybridized carbons (Fsp3) is 0.500. The van der Waals surface area contributed by atoms with Crippen LogP contribution in [0.5, 0.6) is 6.01 Å². The lowest BCUT2D eigenvalue weighted by Gasteiger charge is -2.21. The van der Waals surface area contributed by atoms with Gasteiger partial charge in [-0.3, -0.25) is 5.43 Å². The van der Waals surface area contributed by atoms with Gasteiger partial charge in [0.25, 0.3) is 5.95 Å². The number of nitrogen functional groups attached to an aromatic ring is 1. The zero-order valence-corrected chi connectivity index (χ0v) is 11.5. The van der Waals surface area contributed by atoms with E-state index in [-0.39, 0.29) is 12.0 Å². The molecule has 21 heavy (non-hydrogen) atoms. The van der Waals surface area contributed by atoms with Gasteiger partial charge in [0.05, 0.1) is 6.61 Å². The largest absolute Gasteiger partial charge is 0.463 e. The van der Waals surface area contributed by atoms with Crippen LogP contribution in [-0.2, 0) is 4.74 Å². The number of aromatic nitrogens is 5. The van der Waals surface area contributed by atoms with Crippen molar-refractivity contribution in [2.45, 2.75) is 12.8 Å². The van der Waals surface area contributed by atoms with E-state index < -0.39 is 0 Å². The maximum atomic E-state index is 5.67. The van der Waals surface area contributed by atoms with E-state index >= 15 is 0 Å². The Kier molecular flexibility index (Phi) is 4.22. The molecule has 3 rings (SSSR count). The molecular weight excluding hydrogens is 274 g/mol. The van der Waals surface area contributed by atoms with Crippen LogP contribution in [0, 0.1) is 5.92 Å². The highest BCUT2D eigenvalue weighted by atomic mass is 16.5. The highest BCUT2D eigenvalue weighted by Gasteiger charge is 2.16. The van der Waals surface area contributed by atoms with E-state index in [4.69, 9.17) is 15.3 Å². The van der Waals surface area contributed by atoms with Gasteiger partial charge in [0.1, 0.15) is 0 Å². The number of nitrogens with two attached hydrogens (primary N) is 1. The van der Waals surface area contributed by atoms with Gasteiger partial charge in [0, 0.05) is 25.6 Å². The average Bonchev–Trinajstić information content (AvgIpc) is 3.08. The van der Waals surface area contributed by atoms with Crippen molar-refractivity contribution in [2.24, 2.45) is 11.8 Å². The van der Waals surface area contributed by atoms with Crippen LogP contribution in [0.15, 0.2) is 18.5 Å². The number of hydrogen-bond acceptors (Lipinski definition) is 8. The molecule has 1 aliphatic rings. The maximum absolute atomic E-state index is 5.67. The molecule has 2 aromatic rings. The summed E-state index contributed by atoms with van der Waals surface area (Å²) in [5.74, 6) is 6.42. The molecule has 3 heterocycles. The van der Waals surface area contributed by atoms with Crippen LogP contribution in [0.4, 0.5) is 5.95 Å². The van der Waals surface area contributed by atoms with Crippen LogP contribution < -0.4 is 16.0 Å². The van der Waals surface area contributed by atoms with Crippen LogP contribution in [0.1, 0.15) is 12.8 Å². The first-order valence-corrected chi connectivity index (χ1v) is 6.78. The molecule has 0 aromatic carbocycles. The minimum absolute atomic E-state index is 0.231. The number of ether oxygens (including phenoxy) is 2. The molecule has 0 aliphatic carbocycles. The molecule has 0 atom stereocenters. The summed E-state index contributed by atoms with van der Waals surface area (Å²) in [5, 5.41) is 4.08. The normalized spacial score (nSPS) is 15.9. The third kappa shape index (κ3) is 3.44. The number of nitrogens with zero attached hydrogens (tertiary/aromatic N) is 5. The molecule has 0 spiro atoms. The van der Waals surface area contributed by atoms with Gasteiger partial charge < -0.3 is 9.47 Å². The fourth-order valence-corrected chi connectivity index (χ4v) is 2.07. The van der Waals surface area contributed by atoms with Crippen LogP contribution >= 0.6 is 0 Å². The average molecular weight is 291 g/mol. The molecule has 9 nitrogen and oxygen atoms in total. The summed E-state index contributed by atoms with van der Waals surface area (Å²) in [6.45, 7) is 2.11. The first kappa shape index (κ1) is 13.7. The number of hydrazine groups is 1. The smallest absolute Gasteiger partial charge is 0.323 e. The van der Waals surface area contributed by atoms with E-state index in [1.807, 2.05) is 0 Å². The van der Waals surface area contributed by atoms with E-state index in [1.54, 1.807) is 18.5 Å². The quantitative estimate of drug-likeness (QED) is 0.591. The van der Waals surface area contributed by atoms with Crippen LogP contribution in [0.25, 0.3) is 5.95 Å². The van der Waals surface area contributed by atoms with E-state index in [2.05, 4.69) is 25.5 Å². The topological polar surface area (TPSA) is 113 Å². The Morgan fingerprint density at radius 3 is 2.90 bits per heavy atom. The first-order chi connectivity index (χ1) is 10.3. The fourth-order valence-electron chi connectivity index (χ4n) is 2.07. The van der Waals surface area contributed by atoms with Crippen molar-refractivity contribution >= 4 is 5.95 Å². The molecule has 3 N–H and O–H groups in total. The van der Waals surface area contributed by atoms with Crippen molar-refractivity contribution < 1.29 is 9.47 Å². The van der Waals surface area contributed by atoms with Crippen molar-refractivity contribution in [3.63, 3.8) is 0 Å². The Labute approximate surface area is 121 Å². The molecule has 0 amide bonds. The molecule has 1 saturated heterocycles.